The van der Waals surface area contributed by atoms with E-state index in [9.17, 15) is 71.2 Å². The molecule has 18 heteroatoms. The fraction of sp³-hybridized carbons (Fsp3) is 0.556. The van der Waals surface area contributed by atoms with Crippen LogP contribution in [0.4, 0.5) is 0 Å². The SMILES string of the molecule is CC(=CC=CC=CCCC=CC(C)C(O)C(C)C(O)C=CC=CC=CC=CC=CC=CCC(O)C(C)C(O)CC(O)CC(O)C=CCC(O)CC(O)CC(O)C=CCC(O)CC(O)C=CCC(O)CC(O)CCCN=C(N)N)C(=O)O. The number of allylic oxidation sites excluding steroid dienone is 16. The summed E-state index contributed by atoms with van der Waals surface area (Å²) >= 11 is 0. The van der Waals surface area contributed by atoms with Crippen molar-refractivity contribution in [2.24, 2.45) is 34.2 Å². The van der Waals surface area contributed by atoms with Gasteiger partial charge in [0.05, 0.1) is 79.4 Å². The Bertz CT molecular complexity index is 2090. The Kier molecular flexibility index (Phi) is 44.3. The van der Waals surface area contributed by atoms with Gasteiger partial charge in [-0.2, -0.15) is 0 Å². The van der Waals surface area contributed by atoms with Crippen LogP contribution in [0.15, 0.2) is 162 Å². The first-order valence-corrected chi connectivity index (χ1v) is 28.2. The van der Waals surface area contributed by atoms with E-state index in [1.54, 1.807) is 68.5 Å². The maximum Gasteiger partial charge on any atom is 0.331 e. The summed E-state index contributed by atoms with van der Waals surface area (Å²) in [6.07, 6.45) is 34.0. The van der Waals surface area contributed by atoms with E-state index in [1.165, 1.54) is 43.4 Å². The lowest BCUT2D eigenvalue weighted by molar-refractivity contribution is -0.132. The molecule has 0 aromatic carbocycles. The molecule has 0 fully saturated rings. The first-order valence-electron chi connectivity index (χ1n) is 28.2. The van der Waals surface area contributed by atoms with Crippen LogP contribution in [0.1, 0.15) is 118 Å². The number of nitrogens with zero attached hydrogens (tertiary/aromatic N) is 1. The number of rotatable bonds is 45. The minimum atomic E-state index is -1.08. The summed E-state index contributed by atoms with van der Waals surface area (Å²) in [7, 11) is 0. The Morgan fingerprint density at radius 1 is 0.444 bits per heavy atom. The Balaban J connectivity index is 4.48. The first kappa shape index (κ1) is 75.8. The summed E-state index contributed by atoms with van der Waals surface area (Å²) < 4.78 is 0. The number of unbranched alkanes of at least 4 members (excludes halogenated alkanes) is 1. The minimum Gasteiger partial charge on any atom is -0.478 e. The highest BCUT2D eigenvalue weighted by Gasteiger charge is 2.26. The van der Waals surface area contributed by atoms with Crippen molar-refractivity contribution in [1.82, 2.24) is 0 Å². The quantitative estimate of drug-likeness (QED) is 0.00949. The molecule has 16 unspecified atom stereocenters. The van der Waals surface area contributed by atoms with Crippen LogP contribution in [0.2, 0.25) is 0 Å². The van der Waals surface area contributed by atoms with E-state index in [0.717, 1.165) is 12.8 Å². The third-order valence-corrected chi connectivity index (χ3v) is 13.1. The summed E-state index contributed by atoms with van der Waals surface area (Å²) in [5, 5.41) is 144. The Morgan fingerprint density at radius 2 is 0.889 bits per heavy atom. The van der Waals surface area contributed by atoms with Crippen LogP contribution in [0.5, 0.6) is 0 Å². The van der Waals surface area contributed by atoms with E-state index in [1.807, 2.05) is 67.7 Å². The lowest BCUT2D eigenvalue weighted by Crippen LogP contribution is -2.33. The van der Waals surface area contributed by atoms with Gasteiger partial charge in [0, 0.05) is 49.1 Å². The van der Waals surface area contributed by atoms with Crippen LogP contribution in [-0.4, -0.2) is 169 Å². The lowest BCUT2D eigenvalue weighted by atomic mass is 9.88. The van der Waals surface area contributed by atoms with Gasteiger partial charge in [-0.3, -0.25) is 4.99 Å². The topological polar surface area (TPSA) is 365 Å². The molecule has 0 saturated carbocycles. The molecule has 16 atom stereocenters. The first-order chi connectivity index (χ1) is 38.4. The highest BCUT2D eigenvalue weighted by atomic mass is 16.4. The molecule has 458 valence electrons. The maximum atomic E-state index is 10.8. The monoisotopic (exact) mass is 1140 g/mol. The van der Waals surface area contributed by atoms with E-state index in [0.29, 0.717) is 19.4 Å². The molecule has 0 aliphatic rings. The zero-order valence-electron chi connectivity index (χ0n) is 48.0. The van der Waals surface area contributed by atoms with E-state index in [-0.39, 0.29) is 87.6 Å². The largest absolute Gasteiger partial charge is 0.478 e. The number of aliphatic carboxylic acids is 1. The number of aliphatic hydroxyl groups excluding tert-OH is 13. The average Bonchev–Trinajstić information content (AvgIpc) is 3.39. The smallest absolute Gasteiger partial charge is 0.331 e. The van der Waals surface area contributed by atoms with Gasteiger partial charge in [0.2, 0.25) is 0 Å². The van der Waals surface area contributed by atoms with Gasteiger partial charge in [-0.15, -0.1) is 0 Å². The van der Waals surface area contributed by atoms with Gasteiger partial charge in [0.15, 0.2) is 5.96 Å². The molecule has 0 aliphatic heterocycles. The van der Waals surface area contributed by atoms with E-state index in [4.69, 9.17) is 16.6 Å². The summed E-state index contributed by atoms with van der Waals surface area (Å²) in [5.41, 5.74) is 10.8. The zero-order valence-corrected chi connectivity index (χ0v) is 48.0. The van der Waals surface area contributed by atoms with Gasteiger partial charge in [0.1, 0.15) is 0 Å². The van der Waals surface area contributed by atoms with Crippen LogP contribution >= 0.6 is 0 Å². The zero-order chi connectivity index (χ0) is 61.0. The molecule has 18 nitrogen and oxygen atoms in total. The number of guanidine groups is 1. The van der Waals surface area contributed by atoms with Crippen LogP contribution in [0, 0.1) is 17.8 Å². The Hall–Kier alpha value is -5.16. The van der Waals surface area contributed by atoms with Crippen molar-refractivity contribution < 1.29 is 76.3 Å². The number of carbonyl (C=O) groups is 1. The molecular weight excluding hydrogens is 1040 g/mol. The summed E-state index contributed by atoms with van der Waals surface area (Å²) in [5.74, 6) is -2.07. The third-order valence-electron chi connectivity index (χ3n) is 13.1. The number of aliphatic hydroxyl groups is 13. The maximum absolute atomic E-state index is 10.8. The van der Waals surface area contributed by atoms with Crippen LogP contribution < -0.4 is 11.5 Å². The normalized spacial score (nSPS) is 19.5. The molecule has 0 amide bonds. The number of hydrogen-bond donors (Lipinski definition) is 16. The second-order valence-electron chi connectivity index (χ2n) is 20.7. The second-order valence-corrected chi connectivity index (χ2v) is 20.7. The number of carboxylic acid groups (broad SMARTS) is 1. The van der Waals surface area contributed by atoms with Crippen molar-refractivity contribution >= 4 is 11.9 Å². The molecule has 0 saturated heterocycles. The van der Waals surface area contributed by atoms with Crippen LogP contribution in [-0.2, 0) is 4.79 Å². The molecule has 0 rings (SSSR count). The summed E-state index contributed by atoms with van der Waals surface area (Å²) in [4.78, 5) is 14.6. The third kappa shape index (κ3) is 43.2. The summed E-state index contributed by atoms with van der Waals surface area (Å²) in [6.45, 7) is 7.29. The van der Waals surface area contributed by atoms with Crippen molar-refractivity contribution in [2.75, 3.05) is 6.54 Å². The minimum absolute atomic E-state index is 0.00751. The van der Waals surface area contributed by atoms with Crippen molar-refractivity contribution in [3.63, 3.8) is 0 Å². The molecule has 0 spiro atoms. The van der Waals surface area contributed by atoms with Crippen LogP contribution in [0.3, 0.4) is 0 Å². The number of carboxylic acids is 1. The molecule has 0 bridgehead atoms. The Morgan fingerprint density at radius 3 is 1.42 bits per heavy atom. The van der Waals surface area contributed by atoms with Crippen LogP contribution in [0.25, 0.3) is 0 Å². The fourth-order valence-electron chi connectivity index (χ4n) is 7.95. The van der Waals surface area contributed by atoms with E-state index in [2.05, 4.69) is 4.99 Å². The molecule has 0 aromatic rings. The predicted octanol–water partition coefficient (Wildman–Crippen LogP) is 5.03. The Labute approximate surface area is 481 Å². The molecule has 18 N–H and O–H groups in total. The molecule has 0 heterocycles. The highest BCUT2D eigenvalue weighted by Crippen LogP contribution is 2.21. The number of hydrogen-bond acceptors (Lipinski definition) is 15. The molecule has 81 heavy (non-hydrogen) atoms. The van der Waals surface area contributed by atoms with Gasteiger partial charge in [0.25, 0.3) is 0 Å². The molecular formula is C63H101N3O15. The van der Waals surface area contributed by atoms with Gasteiger partial charge < -0.3 is 83.0 Å². The van der Waals surface area contributed by atoms with Crippen molar-refractivity contribution in [3.8, 4) is 0 Å². The van der Waals surface area contributed by atoms with Crippen molar-refractivity contribution in [2.45, 2.75) is 197 Å². The molecule has 0 aliphatic carbocycles. The lowest BCUT2D eigenvalue weighted by Gasteiger charge is -2.25. The molecule has 0 radical (unpaired) electrons. The van der Waals surface area contributed by atoms with Gasteiger partial charge >= 0.3 is 5.97 Å². The standard InChI is InChI=1S/C63H101N3O15/c1-45(27-19-15-11-10-12-16-20-28-46(2)62(80)81)61(79)48(4)59(77)37-22-18-14-9-7-5-6-8-13-17-21-36-58(76)47(3)60(78)44-57(75)43-54(72)34-25-33-53(71)42-56(74)41-52(70)32-24-31-50(68)39-49(67)29-23-30-51(69)40-55(73)35-26-38-66-63(64)65/h5-10,12-14,16-25,27-29,32,34,37,45,47-61,67-79H,11,15,26,30-31,33,35-36,38-44H2,1-4H3,(H,80,81)(H4,64,65,66). The second kappa shape index (κ2) is 47.3. The predicted molar refractivity (Wildman–Crippen MR) is 322 cm³/mol. The van der Waals surface area contributed by atoms with Gasteiger partial charge in [-0.1, -0.05) is 173 Å². The summed E-state index contributed by atoms with van der Waals surface area (Å²) in [6, 6.07) is 0. The van der Waals surface area contributed by atoms with Crippen molar-refractivity contribution in [1.29, 1.82) is 0 Å². The molecule has 0 aromatic heterocycles. The average molecular weight is 1140 g/mol. The van der Waals surface area contributed by atoms with Crippen molar-refractivity contribution in [3.05, 3.63) is 157 Å². The van der Waals surface area contributed by atoms with E-state index < -0.39 is 91.2 Å². The van der Waals surface area contributed by atoms with E-state index >= 15 is 0 Å². The fourth-order valence-corrected chi connectivity index (χ4v) is 7.95. The number of nitrogens with two attached hydrogens (primary N) is 2. The van der Waals surface area contributed by atoms with Gasteiger partial charge in [-0.05, 0) is 77.6 Å². The van der Waals surface area contributed by atoms with Gasteiger partial charge in [-0.25, -0.2) is 4.79 Å². The number of aliphatic imine (C=N–C) groups is 1. The highest BCUT2D eigenvalue weighted by molar-refractivity contribution is 5.86.